The maximum atomic E-state index is 10.8. The Morgan fingerprint density at radius 3 is 2.25 bits per heavy atom. The third kappa shape index (κ3) is 5.34. The molecule has 0 bridgehead atoms. The lowest BCUT2D eigenvalue weighted by molar-refractivity contribution is -0.120. The summed E-state index contributed by atoms with van der Waals surface area (Å²) < 4.78 is -0.253. The molecular weight excluding hydrogens is 271 g/mol. The minimum atomic E-state index is -0.533. The van der Waals surface area contributed by atoms with E-state index in [1.165, 1.54) is 0 Å². The van der Waals surface area contributed by atoms with Crippen LogP contribution in [0.2, 0.25) is 0 Å². The summed E-state index contributed by atoms with van der Waals surface area (Å²) in [5.74, 6) is -0.139. The van der Waals surface area contributed by atoms with Gasteiger partial charge in [0.2, 0.25) is 5.91 Å². The number of hydrogen-bond donors (Lipinski definition) is 2. The van der Waals surface area contributed by atoms with Crippen molar-refractivity contribution in [1.82, 2.24) is 5.32 Å². The molecule has 3 N–H and O–H groups in total. The van der Waals surface area contributed by atoms with Crippen molar-refractivity contribution < 1.29 is 9.59 Å². The quantitative estimate of drug-likeness (QED) is 0.460. The zero-order valence-corrected chi connectivity index (χ0v) is 9.29. The highest BCUT2D eigenvalue weighted by Crippen LogP contribution is 2.04. The summed E-state index contributed by atoms with van der Waals surface area (Å²) in [6.07, 6.45) is 0.587. The van der Waals surface area contributed by atoms with Crippen molar-refractivity contribution in [2.24, 2.45) is 11.7 Å². The van der Waals surface area contributed by atoms with Crippen molar-refractivity contribution in [3.63, 3.8) is 0 Å². The van der Waals surface area contributed by atoms with E-state index in [0.717, 1.165) is 0 Å². The molecule has 0 aromatic heterocycles. The first-order chi connectivity index (χ1) is 5.43. The fourth-order valence-electron chi connectivity index (χ4n) is 0.855. The Morgan fingerprint density at radius 1 is 1.50 bits per heavy atom. The van der Waals surface area contributed by atoms with Gasteiger partial charge in [-0.25, -0.2) is 0 Å². The van der Waals surface area contributed by atoms with Crippen LogP contribution in [0, 0.1) is 5.92 Å². The third-order valence-corrected chi connectivity index (χ3v) is 1.65. The fraction of sp³-hybridized carbons (Fsp3) is 0.714. The van der Waals surface area contributed by atoms with Crippen molar-refractivity contribution in [3.05, 3.63) is 0 Å². The number of rotatable bonds is 4. The summed E-state index contributed by atoms with van der Waals surface area (Å²) in [5, 5.41) is 2.48. The largest absolute Gasteiger partial charge is 0.368 e. The van der Waals surface area contributed by atoms with E-state index in [-0.39, 0.29) is 3.91 Å². The molecule has 0 aromatic carbocycles. The number of primary amides is 1. The first-order valence-corrected chi connectivity index (χ1v) is 4.76. The number of nitrogens with one attached hydrogen (secondary N) is 1. The van der Waals surface area contributed by atoms with Crippen LogP contribution in [-0.4, -0.2) is 15.9 Å². The summed E-state index contributed by atoms with van der Waals surface area (Å²) in [6, 6.07) is -0.533. The Labute approximate surface area is 85.4 Å². The minimum absolute atomic E-state index is 0.253. The Hall–Kier alpha value is -0.330. The van der Waals surface area contributed by atoms with Crippen molar-refractivity contribution in [3.8, 4) is 0 Å². The normalized spacial score (nSPS) is 12.7. The molecule has 1 atom stereocenters. The van der Waals surface area contributed by atoms with Gasteiger partial charge in [-0.15, -0.1) is 0 Å². The summed E-state index contributed by atoms with van der Waals surface area (Å²) in [6.45, 7) is 3.94. The van der Waals surface area contributed by atoms with Crippen molar-refractivity contribution in [2.45, 2.75) is 26.3 Å². The molecule has 0 aliphatic rings. The first kappa shape index (κ1) is 11.7. The van der Waals surface area contributed by atoms with Gasteiger partial charge < -0.3 is 11.1 Å². The van der Waals surface area contributed by atoms with Gasteiger partial charge in [0, 0.05) is 22.6 Å². The molecule has 0 unspecified atom stereocenters. The second-order valence-corrected chi connectivity index (χ2v) is 3.98. The predicted molar refractivity (Wildman–Crippen MR) is 55.0 cm³/mol. The van der Waals surface area contributed by atoms with E-state index >= 15 is 0 Å². The van der Waals surface area contributed by atoms with Crippen LogP contribution in [0.25, 0.3) is 0 Å². The second kappa shape index (κ2) is 5.34. The molecule has 70 valence electrons. The van der Waals surface area contributed by atoms with E-state index < -0.39 is 11.9 Å². The second-order valence-electron chi connectivity index (χ2n) is 3.00. The van der Waals surface area contributed by atoms with E-state index in [4.69, 9.17) is 5.73 Å². The van der Waals surface area contributed by atoms with Gasteiger partial charge >= 0.3 is 0 Å². The molecule has 4 nitrogen and oxygen atoms in total. The molecule has 0 saturated carbocycles. The SMILES string of the molecule is CC(C)C[C@@H](NC(=O)I)C(N)=O. The first-order valence-electron chi connectivity index (χ1n) is 3.68. The third-order valence-electron chi connectivity index (χ3n) is 1.34. The van der Waals surface area contributed by atoms with Crippen LogP contribution in [0.1, 0.15) is 20.3 Å². The maximum Gasteiger partial charge on any atom is 0.281 e. The molecule has 0 radical (unpaired) electrons. The molecule has 0 aliphatic carbocycles. The molecule has 0 heterocycles. The topological polar surface area (TPSA) is 72.2 Å². The highest BCUT2D eigenvalue weighted by molar-refractivity contribution is 14.1. The summed E-state index contributed by atoms with van der Waals surface area (Å²) in [4.78, 5) is 21.4. The molecule has 0 rings (SSSR count). The van der Waals surface area contributed by atoms with Gasteiger partial charge in [0.25, 0.3) is 3.91 Å². The Morgan fingerprint density at radius 2 is 2.00 bits per heavy atom. The predicted octanol–water partition coefficient (Wildman–Crippen LogP) is 1.03. The molecule has 5 heteroatoms. The number of amides is 2. The monoisotopic (exact) mass is 284 g/mol. The average molecular weight is 284 g/mol. The molecule has 0 aliphatic heterocycles. The summed E-state index contributed by atoms with van der Waals surface area (Å²) >= 11 is 1.58. The van der Waals surface area contributed by atoms with Gasteiger partial charge in [0.15, 0.2) is 0 Å². The van der Waals surface area contributed by atoms with Crippen LogP contribution in [-0.2, 0) is 4.79 Å². The van der Waals surface area contributed by atoms with E-state index in [1.807, 2.05) is 13.8 Å². The maximum absolute atomic E-state index is 10.8. The number of nitrogens with two attached hydrogens (primary N) is 1. The molecule has 0 saturated heterocycles. The van der Waals surface area contributed by atoms with Gasteiger partial charge in [0.05, 0.1) is 0 Å². The van der Waals surface area contributed by atoms with Crippen LogP contribution < -0.4 is 11.1 Å². The molecule has 0 spiro atoms. The smallest absolute Gasteiger partial charge is 0.281 e. The molecule has 2 amide bonds. The molecule has 0 fully saturated rings. The van der Waals surface area contributed by atoms with Gasteiger partial charge in [-0.1, -0.05) is 13.8 Å². The Kier molecular flexibility index (Phi) is 5.19. The van der Waals surface area contributed by atoms with E-state index in [2.05, 4.69) is 5.32 Å². The van der Waals surface area contributed by atoms with E-state index in [1.54, 1.807) is 22.6 Å². The highest BCUT2D eigenvalue weighted by Gasteiger charge is 2.17. The summed E-state index contributed by atoms with van der Waals surface area (Å²) in [5.41, 5.74) is 5.08. The van der Waals surface area contributed by atoms with Gasteiger partial charge in [0.1, 0.15) is 6.04 Å². The van der Waals surface area contributed by atoms with Crippen LogP contribution in [0.3, 0.4) is 0 Å². The zero-order valence-electron chi connectivity index (χ0n) is 7.13. The molecule has 12 heavy (non-hydrogen) atoms. The lowest BCUT2D eigenvalue weighted by atomic mass is 10.0. The molecular formula is C7H13IN2O2. The highest BCUT2D eigenvalue weighted by atomic mass is 127. The molecule has 0 aromatic rings. The van der Waals surface area contributed by atoms with E-state index in [0.29, 0.717) is 12.3 Å². The van der Waals surface area contributed by atoms with Crippen molar-refractivity contribution in [2.75, 3.05) is 0 Å². The number of hydrogen-bond acceptors (Lipinski definition) is 2. The minimum Gasteiger partial charge on any atom is -0.368 e. The number of halogens is 1. The van der Waals surface area contributed by atoms with Crippen molar-refractivity contribution in [1.29, 1.82) is 0 Å². The lowest BCUT2D eigenvalue weighted by Crippen LogP contribution is -2.43. The van der Waals surface area contributed by atoms with Crippen LogP contribution in [0.15, 0.2) is 0 Å². The van der Waals surface area contributed by atoms with Crippen molar-refractivity contribution >= 4 is 32.4 Å². The number of carbonyl (C=O) groups is 2. The zero-order chi connectivity index (χ0) is 9.72. The fourth-order valence-corrected chi connectivity index (χ4v) is 1.23. The van der Waals surface area contributed by atoms with Gasteiger partial charge in [-0.05, 0) is 12.3 Å². The van der Waals surface area contributed by atoms with Gasteiger partial charge in [-0.2, -0.15) is 0 Å². The van der Waals surface area contributed by atoms with Gasteiger partial charge in [-0.3, -0.25) is 9.59 Å². The summed E-state index contributed by atoms with van der Waals surface area (Å²) in [7, 11) is 0. The van der Waals surface area contributed by atoms with E-state index in [9.17, 15) is 9.59 Å². The lowest BCUT2D eigenvalue weighted by Gasteiger charge is -2.15. The Balaban J connectivity index is 4.04. The van der Waals surface area contributed by atoms with Crippen LogP contribution >= 0.6 is 22.6 Å². The Bertz CT molecular complexity index is 182. The number of carbonyl (C=O) groups excluding carboxylic acids is 2. The average Bonchev–Trinajstić information content (AvgIpc) is 1.83. The van der Waals surface area contributed by atoms with Crippen LogP contribution in [0.4, 0.5) is 4.79 Å². The standard InChI is InChI=1S/C7H13IN2O2/c1-4(2)3-5(6(9)11)10-7(8)12/h4-5H,3H2,1-2H3,(H2,9,11)(H,10,12)/t5-/m1/s1. The van der Waals surface area contributed by atoms with Crippen LogP contribution in [0.5, 0.6) is 0 Å².